The molecular formula is C32H40F4N6O2. The SMILES string of the molecule is CC1CN(C(=O)NC[C@H]2CNC[C@@H]2F)C([C@H](c2nc(-c3cc(F)ccc3F)nn2Cc2cccc(F)c2)C(C)(C)C)C(C)O1. The minimum atomic E-state index is -1.04. The highest BCUT2D eigenvalue weighted by Gasteiger charge is 2.48. The van der Waals surface area contributed by atoms with Crippen LogP contribution in [0.4, 0.5) is 22.4 Å². The van der Waals surface area contributed by atoms with Gasteiger partial charge < -0.3 is 20.3 Å². The summed E-state index contributed by atoms with van der Waals surface area (Å²) in [5.74, 6) is -2.22. The molecule has 0 saturated carbocycles. The van der Waals surface area contributed by atoms with Crippen LogP contribution in [0.2, 0.25) is 0 Å². The summed E-state index contributed by atoms with van der Waals surface area (Å²) < 4.78 is 65.5. The number of morpholine rings is 1. The highest BCUT2D eigenvalue weighted by molar-refractivity contribution is 5.75. The number of carbonyl (C=O) groups excluding carboxylic acids is 1. The van der Waals surface area contributed by atoms with E-state index in [1.807, 2.05) is 34.6 Å². The van der Waals surface area contributed by atoms with Gasteiger partial charge in [0.05, 0.1) is 30.4 Å². The summed E-state index contributed by atoms with van der Waals surface area (Å²) in [6.07, 6.45) is -1.76. The van der Waals surface area contributed by atoms with Gasteiger partial charge in [-0.2, -0.15) is 5.10 Å². The Labute approximate surface area is 255 Å². The summed E-state index contributed by atoms with van der Waals surface area (Å²) in [4.78, 5) is 20.3. The third-order valence-electron chi connectivity index (χ3n) is 8.42. The van der Waals surface area contributed by atoms with Crippen molar-refractivity contribution < 1.29 is 27.1 Å². The van der Waals surface area contributed by atoms with Gasteiger partial charge in [0.1, 0.15) is 29.4 Å². The first kappa shape index (κ1) is 31.9. The second-order valence-electron chi connectivity index (χ2n) is 13.0. The van der Waals surface area contributed by atoms with Crippen molar-refractivity contribution in [2.45, 2.75) is 71.5 Å². The minimum absolute atomic E-state index is 0.0286. The fraction of sp³-hybridized carbons (Fsp3) is 0.531. The molecule has 6 atom stereocenters. The molecule has 3 unspecified atom stereocenters. The molecule has 3 aromatic rings. The highest BCUT2D eigenvalue weighted by Crippen LogP contribution is 2.43. The maximum Gasteiger partial charge on any atom is 0.317 e. The lowest BCUT2D eigenvalue weighted by atomic mass is 9.73. The Hall–Kier alpha value is -3.51. The minimum Gasteiger partial charge on any atom is -0.372 e. The molecule has 44 heavy (non-hydrogen) atoms. The molecule has 1 aromatic heterocycles. The largest absolute Gasteiger partial charge is 0.372 e. The number of alkyl halides is 1. The molecule has 2 fully saturated rings. The normalized spacial score (nSPS) is 24.8. The first-order valence-electron chi connectivity index (χ1n) is 15.0. The van der Waals surface area contributed by atoms with E-state index in [1.165, 1.54) is 12.1 Å². The van der Waals surface area contributed by atoms with Crippen molar-refractivity contribution in [3.63, 3.8) is 0 Å². The van der Waals surface area contributed by atoms with Crippen LogP contribution in [0.25, 0.3) is 11.4 Å². The number of urea groups is 1. The number of nitrogens with one attached hydrogen (secondary N) is 2. The van der Waals surface area contributed by atoms with Gasteiger partial charge >= 0.3 is 6.03 Å². The van der Waals surface area contributed by atoms with Crippen molar-refractivity contribution in [1.82, 2.24) is 30.3 Å². The Morgan fingerprint density at radius 3 is 2.55 bits per heavy atom. The van der Waals surface area contributed by atoms with E-state index in [1.54, 1.807) is 21.7 Å². The highest BCUT2D eigenvalue weighted by atomic mass is 19.1. The lowest BCUT2D eigenvalue weighted by Gasteiger charge is -2.49. The summed E-state index contributed by atoms with van der Waals surface area (Å²) in [5, 5.41) is 10.6. The van der Waals surface area contributed by atoms with Gasteiger partial charge in [0, 0.05) is 38.0 Å². The molecule has 2 aliphatic heterocycles. The lowest BCUT2D eigenvalue weighted by molar-refractivity contribution is -0.105. The van der Waals surface area contributed by atoms with Gasteiger partial charge in [-0.3, -0.25) is 0 Å². The van der Waals surface area contributed by atoms with Gasteiger partial charge in [-0.05, 0) is 55.2 Å². The monoisotopic (exact) mass is 616 g/mol. The number of halogens is 4. The molecule has 12 heteroatoms. The Balaban J connectivity index is 1.59. The molecule has 2 aliphatic rings. The van der Waals surface area contributed by atoms with Crippen LogP contribution in [0.1, 0.15) is 51.9 Å². The Morgan fingerprint density at radius 1 is 1.11 bits per heavy atom. The standard InChI is InChI=1S/C32H40F4N6O2/c1-18-16-41(31(43)38-14-21-13-37-15-26(21)36)28(19(2)44-18)27(32(3,4)5)30-39-29(24-12-23(34)9-10-25(24)35)40-42(30)17-20-7-6-8-22(33)11-20/h6-12,18-19,21,26-28,37H,13-17H2,1-5H3,(H,38,43)/t18?,19?,21-,26+,27-,28?/m1/s1. The van der Waals surface area contributed by atoms with E-state index in [-0.39, 0.29) is 55.6 Å². The number of rotatable bonds is 7. The molecule has 5 rings (SSSR count). The maximum absolute atomic E-state index is 15.0. The van der Waals surface area contributed by atoms with Gasteiger partial charge in [0.25, 0.3) is 0 Å². The predicted octanol–water partition coefficient (Wildman–Crippen LogP) is 5.29. The van der Waals surface area contributed by atoms with E-state index in [4.69, 9.17) is 9.72 Å². The molecule has 238 valence electrons. The molecule has 2 amide bonds. The first-order valence-corrected chi connectivity index (χ1v) is 15.0. The van der Waals surface area contributed by atoms with Crippen LogP contribution < -0.4 is 10.6 Å². The molecule has 0 aliphatic carbocycles. The quantitative estimate of drug-likeness (QED) is 0.353. The number of hydrogen-bond donors (Lipinski definition) is 2. The number of nitrogens with zero attached hydrogens (tertiary/aromatic N) is 4. The van der Waals surface area contributed by atoms with Crippen LogP contribution in [0.5, 0.6) is 0 Å². The van der Waals surface area contributed by atoms with Gasteiger partial charge in [-0.15, -0.1) is 0 Å². The zero-order valence-electron chi connectivity index (χ0n) is 25.7. The van der Waals surface area contributed by atoms with Crippen molar-refractivity contribution in [1.29, 1.82) is 0 Å². The summed E-state index contributed by atoms with van der Waals surface area (Å²) in [6.45, 7) is 11.1. The van der Waals surface area contributed by atoms with Crippen molar-refractivity contribution in [2.75, 3.05) is 26.2 Å². The molecule has 0 bridgehead atoms. The fourth-order valence-electron chi connectivity index (χ4n) is 6.38. The van der Waals surface area contributed by atoms with Crippen molar-refractivity contribution in [2.24, 2.45) is 11.3 Å². The number of benzene rings is 2. The van der Waals surface area contributed by atoms with Crippen molar-refractivity contribution in [3.8, 4) is 11.4 Å². The third kappa shape index (κ3) is 6.91. The summed E-state index contributed by atoms with van der Waals surface area (Å²) >= 11 is 0. The number of ether oxygens (including phenoxy) is 1. The first-order chi connectivity index (χ1) is 20.8. The third-order valence-corrected chi connectivity index (χ3v) is 8.42. The second-order valence-corrected chi connectivity index (χ2v) is 13.0. The molecule has 0 radical (unpaired) electrons. The number of hydrogen-bond acceptors (Lipinski definition) is 5. The van der Waals surface area contributed by atoms with Crippen molar-refractivity contribution >= 4 is 6.03 Å². The van der Waals surface area contributed by atoms with Crippen LogP contribution in [-0.4, -0.2) is 76.3 Å². The van der Waals surface area contributed by atoms with E-state index in [0.29, 0.717) is 17.9 Å². The molecule has 2 N–H and O–H groups in total. The van der Waals surface area contributed by atoms with E-state index in [2.05, 4.69) is 15.7 Å². The molecular weight excluding hydrogens is 576 g/mol. The van der Waals surface area contributed by atoms with E-state index in [0.717, 1.165) is 18.2 Å². The van der Waals surface area contributed by atoms with Crippen LogP contribution in [-0.2, 0) is 11.3 Å². The number of amides is 2. The van der Waals surface area contributed by atoms with Crippen LogP contribution in [0.15, 0.2) is 42.5 Å². The fourth-order valence-corrected chi connectivity index (χ4v) is 6.38. The average molecular weight is 617 g/mol. The summed E-state index contributed by atoms with van der Waals surface area (Å²) in [6, 6.07) is 8.21. The average Bonchev–Trinajstić information content (AvgIpc) is 3.54. The van der Waals surface area contributed by atoms with Gasteiger partial charge in [-0.25, -0.2) is 32.0 Å². The number of carbonyl (C=O) groups is 1. The van der Waals surface area contributed by atoms with Gasteiger partial charge in [0.15, 0.2) is 5.82 Å². The van der Waals surface area contributed by atoms with Crippen molar-refractivity contribution in [3.05, 3.63) is 71.3 Å². The second kappa shape index (κ2) is 12.8. The zero-order chi connectivity index (χ0) is 31.8. The maximum atomic E-state index is 15.0. The lowest BCUT2D eigenvalue weighted by Crippen LogP contribution is -2.62. The van der Waals surface area contributed by atoms with E-state index < -0.39 is 47.1 Å². The topological polar surface area (TPSA) is 84.3 Å². The predicted molar refractivity (Wildman–Crippen MR) is 158 cm³/mol. The molecule has 8 nitrogen and oxygen atoms in total. The van der Waals surface area contributed by atoms with E-state index >= 15 is 0 Å². The smallest absolute Gasteiger partial charge is 0.317 e. The van der Waals surface area contributed by atoms with Crippen LogP contribution >= 0.6 is 0 Å². The van der Waals surface area contributed by atoms with Crippen LogP contribution in [0, 0.1) is 28.8 Å². The zero-order valence-corrected chi connectivity index (χ0v) is 25.7. The van der Waals surface area contributed by atoms with E-state index in [9.17, 15) is 22.4 Å². The Kier molecular flexibility index (Phi) is 9.31. The summed E-state index contributed by atoms with van der Waals surface area (Å²) in [7, 11) is 0. The van der Waals surface area contributed by atoms with Gasteiger partial charge in [0.2, 0.25) is 0 Å². The Morgan fingerprint density at radius 2 is 1.86 bits per heavy atom. The van der Waals surface area contributed by atoms with Gasteiger partial charge in [-0.1, -0.05) is 32.9 Å². The van der Waals surface area contributed by atoms with Crippen LogP contribution in [0.3, 0.4) is 0 Å². The molecule has 3 heterocycles. The molecule has 2 saturated heterocycles. The molecule has 2 aromatic carbocycles. The summed E-state index contributed by atoms with van der Waals surface area (Å²) in [5.41, 5.74) is -0.0677. The Bertz CT molecular complexity index is 1480. The number of aromatic nitrogens is 3. The molecule has 0 spiro atoms.